The predicted molar refractivity (Wildman–Crippen MR) is 133 cm³/mol. The number of ether oxygens (including phenoxy) is 1. The van der Waals surface area contributed by atoms with Crippen molar-refractivity contribution in [1.82, 2.24) is 14.7 Å². The molecule has 38 heavy (non-hydrogen) atoms. The summed E-state index contributed by atoms with van der Waals surface area (Å²) in [6.07, 6.45) is -1.03. The molecule has 10 nitrogen and oxygen atoms in total. The zero-order chi connectivity index (χ0) is 27.4. The molecule has 4 rings (SSSR count). The first-order chi connectivity index (χ1) is 18.2. The third kappa shape index (κ3) is 5.57. The normalized spacial score (nSPS) is 19.8. The molecule has 3 atom stereocenters. The van der Waals surface area contributed by atoms with Crippen molar-refractivity contribution in [2.75, 3.05) is 25.5 Å². The lowest BCUT2D eigenvalue weighted by atomic mass is 9.95. The van der Waals surface area contributed by atoms with Gasteiger partial charge in [-0.15, -0.1) is 0 Å². The van der Waals surface area contributed by atoms with Gasteiger partial charge in [-0.05, 0) is 24.1 Å². The first-order valence-electron chi connectivity index (χ1n) is 11.8. The maximum absolute atomic E-state index is 15.4. The van der Waals surface area contributed by atoms with Gasteiger partial charge in [-0.1, -0.05) is 30.3 Å². The molecule has 1 aliphatic heterocycles. The van der Waals surface area contributed by atoms with Crippen LogP contribution in [0.25, 0.3) is 11.1 Å². The van der Waals surface area contributed by atoms with Crippen molar-refractivity contribution in [1.29, 1.82) is 5.26 Å². The number of aromatic hydroxyl groups is 1. The van der Waals surface area contributed by atoms with Gasteiger partial charge in [0.15, 0.2) is 5.82 Å². The summed E-state index contributed by atoms with van der Waals surface area (Å²) in [5.74, 6) is -2.85. The Kier molecular flexibility index (Phi) is 7.87. The lowest BCUT2D eigenvalue weighted by Gasteiger charge is -2.22. The number of aromatic nitrogens is 2. The number of anilines is 1. The van der Waals surface area contributed by atoms with E-state index in [1.807, 2.05) is 12.1 Å². The summed E-state index contributed by atoms with van der Waals surface area (Å²) < 4.78 is 36.2. The molecule has 0 aliphatic carbocycles. The molecule has 1 saturated heterocycles. The fourth-order valence-electron chi connectivity index (χ4n) is 4.59. The van der Waals surface area contributed by atoms with Crippen molar-refractivity contribution in [2.45, 2.75) is 25.2 Å². The largest absolute Gasteiger partial charge is 0.507 e. The minimum atomic E-state index is -1.63. The Morgan fingerprint density at radius 1 is 1.32 bits per heavy atom. The number of nitrogens with one attached hydrogen (secondary N) is 1. The second kappa shape index (κ2) is 11.3. The molecule has 4 N–H and O–H groups in total. The number of nitriles is 1. The maximum Gasteiger partial charge on any atom is 0.412 e. The van der Waals surface area contributed by atoms with E-state index in [4.69, 9.17) is 5.73 Å². The lowest BCUT2D eigenvalue weighted by molar-refractivity contribution is 0.100. The number of likely N-dealkylation sites (tertiary alicyclic amines) is 1. The number of phenols is 1. The smallest absolute Gasteiger partial charge is 0.412 e. The number of nitrogens with zero attached hydrogens (tertiary/aromatic N) is 4. The number of amides is 2. The molecule has 0 spiro atoms. The number of carbonyl (C=O) groups excluding carboxylic acids is 2. The van der Waals surface area contributed by atoms with Crippen molar-refractivity contribution in [3.05, 3.63) is 65.6 Å². The monoisotopic (exact) mass is 524 g/mol. The zero-order valence-corrected chi connectivity index (χ0v) is 20.5. The number of methoxy groups -OCH3 is 1. The van der Waals surface area contributed by atoms with Crippen molar-refractivity contribution < 1.29 is 28.2 Å². The van der Waals surface area contributed by atoms with Crippen molar-refractivity contribution in [2.24, 2.45) is 11.7 Å². The Morgan fingerprint density at radius 3 is 2.71 bits per heavy atom. The van der Waals surface area contributed by atoms with E-state index in [-0.39, 0.29) is 48.7 Å². The highest BCUT2D eigenvalue weighted by Gasteiger charge is 2.37. The van der Waals surface area contributed by atoms with Crippen LogP contribution in [-0.2, 0) is 11.3 Å². The molecule has 12 heteroatoms. The van der Waals surface area contributed by atoms with Crippen molar-refractivity contribution in [3.63, 3.8) is 0 Å². The SMILES string of the molecule is COC(=O)Nc1nn(C2CCN(Cc3cc(O)c(-c4ccccc4)cc3F)CC(F)C2C#N)cc1C(N)=O. The molecule has 1 aliphatic rings. The third-order valence-corrected chi connectivity index (χ3v) is 6.51. The van der Waals surface area contributed by atoms with E-state index >= 15 is 8.78 Å². The molecule has 1 fully saturated rings. The van der Waals surface area contributed by atoms with E-state index in [9.17, 15) is 20.0 Å². The molecule has 0 radical (unpaired) electrons. The van der Waals surface area contributed by atoms with Crippen molar-refractivity contribution >= 4 is 17.8 Å². The Balaban J connectivity index is 1.57. The number of hydrogen-bond acceptors (Lipinski definition) is 7. The van der Waals surface area contributed by atoms with Gasteiger partial charge < -0.3 is 15.6 Å². The lowest BCUT2D eigenvalue weighted by Crippen LogP contribution is -2.32. The van der Waals surface area contributed by atoms with E-state index in [1.54, 1.807) is 29.2 Å². The van der Waals surface area contributed by atoms with E-state index in [1.165, 1.54) is 23.0 Å². The van der Waals surface area contributed by atoms with E-state index < -0.39 is 35.9 Å². The van der Waals surface area contributed by atoms with E-state index in [2.05, 4.69) is 15.2 Å². The van der Waals surface area contributed by atoms with Crippen molar-refractivity contribution in [3.8, 4) is 22.9 Å². The van der Waals surface area contributed by atoms with Gasteiger partial charge in [-0.25, -0.2) is 13.6 Å². The fourth-order valence-corrected chi connectivity index (χ4v) is 4.59. The van der Waals surface area contributed by atoms with Crippen LogP contribution >= 0.6 is 0 Å². The number of nitrogens with two attached hydrogens (primary N) is 1. The summed E-state index contributed by atoms with van der Waals surface area (Å²) in [7, 11) is 1.13. The van der Waals surface area contributed by atoms with Crippen LogP contribution in [-0.4, -0.2) is 58.2 Å². The van der Waals surface area contributed by atoms with Crippen LogP contribution in [0.1, 0.15) is 28.4 Å². The van der Waals surface area contributed by atoms with Crippen LogP contribution < -0.4 is 11.1 Å². The van der Waals surface area contributed by atoms with Crippen LogP contribution in [0.5, 0.6) is 5.75 Å². The van der Waals surface area contributed by atoms with E-state index in [0.717, 1.165) is 7.11 Å². The summed E-state index contributed by atoms with van der Waals surface area (Å²) in [4.78, 5) is 25.2. The molecule has 0 saturated carbocycles. The maximum atomic E-state index is 15.4. The van der Waals surface area contributed by atoms with Gasteiger partial charge >= 0.3 is 6.09 Å². The molecule has 2 amide bonds. The minimum Gasteiger partial charge on any atom is -0.507 e. The van der Waals surface area contributed by atoms with Gasteiger partial charge in [-0.3, -0.25) is 19.7 Å². The second-order valence-electron chi connectivity index (χ2n) is 8.94. The zero-order valence-electron chi connectivity index (χ0n) is 20.5. The third-order valence-electron chi connectivity index (χ3n) is 6.51. The molecule has 2 heterocycles. The summed E-state index contributed by atoms with van der Waals surface area (Å²) in [5, 5.41) is 26.7. The Labute approximate surface area is 217 Å². The van der Waals surface area contributed by atoms with Gasteiger partial charge in [0.25, 0.3) is 5.91 Å². The summed E-state index contributed by atoms with van der Waals surface area (Å²) in [5.41, 5.74) is 6.45. The Hall–Kier alpha value is -4.50. The number of alkyl halides is 1. The van der Waals surface area contributed by atoms with Crippen LogP contribution in [0, 0.1) is 23.1 Å². The fraction of sp³-hybridized carbons (Fsp3) is 0.308. The molecular weight excluding hydrogens is 498 g/mol. The number of benzene rings is 2. The minimum absolute atomic E-state index is 0.000537. The number of rotatable bonds is 6. The average molecular weight is 525 g/mol. The van der Waals surface area contributed by atoms with Crippen LogP contribution in [0.4, 0.5) is 19.4 Å². The van der Waals surface area contributed by atoms with Crippen LogP contribution in [0.3, 0.4) is 0 Å². The molecule has 0 bridgehead atoms. The second-order valence-corrected chi connectivity index (χ2v) is 8.94. The molecule has 3 aromatic rings. The average Bonchev–Trinajstić information content (AvgIpc) is 3.24. The van der Waals surface area contributed by atoms with Gasteiger partial charge in [0.1, 0.15) is 29.2 Å². The first-order valence-corrected chi connectivity index (χ1v) is 11.8. The predicted octanol–water partition coefficient (Wildman–Crippen LogP) is 3.60. The van der Waals surface area contributed by atoms with E-state index in [0.29, 0.717) is 11.1 Å². The summed E-state index contributed by atoms with van der Waals surface area (Å²) in [6.45, 7) is 0.0998. The highest BCUT2D eigenvalue weighted by atomic mass is 19.1. The number of primary amides is 1. The van der Waals surface area contributed by atoms with Gasteiger partial charge in [0.2, 0.25) is 0 Å². The van der Waals surface area contributed by atoms with Crippen LogP contribution in [0.2, 0.25) is 0 Å². The summed E-state index contributed by atoms with van der Waals surface area (Å²) >= 11 is 0. The molecule has 2 aromatic carbocycles. The molecule has 3 unspecified atom stereocenters. The van der Waals surface area contributed by atoms with Gasteiger partial charge in [0, 0.05) is 37.0 Å². The molecular formula is C26H26F2N6O4. The number of phenolic OH excluding ortho intramolecular Hbond substituents is 1. The first kappa shape index (κ1) is 26.6. The number of carbonyl (C=O) groups is 2. The Morgan fingerprint density at radius 2 is 2.05 bits per heavy atom. The molecule has 1 aromatic heterocycles. The topological polar surface area (TPSA) is 146 Å². The Bertz CT molecular complexity index is 1370. The summed E-state index contributed by atoms with van der Waals surface area (Å²) in [6, 6.07) is 12.6. The van der Waals surface area contributed by atoms with Crippen LogP contribution in [0.15, 0.2) is 48.7 Å². The highest BCUT2D eigenvalue weighted by Crippen LogP contribution is 2.34. The number of hydrogen-bond donors (Lipinski definition) is 3. The van der Waals surface area contributed by atoms with Gasteiger partial charge in [-0.2, -0.15) is 10.4 Å². The number of halogens is 2. The standard InChI is InChI=1S/C26H26F2N6O4/c1-38-26(37)31-25-19(24(30)36)13-34(32-25)22-7-8-33(14-21(28)18(22)11-29)12-16-9-23(35)17(10-20(16)27)15-5-3-2-4-6-15/h2-6,9-10,13,18,21-22,35H,7-8,12,14H2,1H3,(H2,30,36)(H,31,32,37). The molecule has 198 valence electrons. The van der Waals surface area contributed by atoms with Gasteiger partial charge in [0.05, 0.1) is 19.2 Å². The highest BCUT2D eigenvalue weighted by molar-refractivity contribution is 6.00. The quantitative estimate of drug-likeness (QED) is 0.446.